The number of carbonyl (C=O) groups excluding carboxylic acids is 2. The van der Waals surface area contributed by atoms with E-state index >= 15 is 0 Å². The maximum Gasteiger partial charge on any atom is 0.250 e. The van der Waals surface area contributed by atoms with Crippen LogP contribution in [0, 0.1) is 12.8 Å². The van der Waals surface area contributed by atoms with Crippen LogP contribution in [-0.2, 0) is 16.6 Å². The molecule has 2 aliphatic heterocycles. The quantitative estimate of drug-likeness (QED) is 0.842. The molecule has 0 spiro atoms. The standard InChI is InChI=1S/C16H25N5O2/c1-10-8-12(4-6-17-10)15(22)18-13-5-7-21(16(13)23)14-9-11(2)19-20(14)3/h9-10,12-13,17H,4-8H2,1-3H3,(H,18,22)/t10-,12-,13?/m0/s1. The average Bonchev–Trinajstić information content (AvgIpc) is 3.02. The number of piperidine rings is 1. The van der Waals surface area contributed by atoms with E-state index in [4.69, 9.17) is 0 Å². The Morgan fingerprint density at radius 1 is 1.43 bits per heavy atom. The van der Waals surface area contributed by atoms with Crippen LogP contribution in [0.3, 0.4) is 0 Å². The summed E-state index contributed by atoms with van der Waals surface area (Å²) in [5.41, 5.74) is 0.881. The molecule has 0 aliphatic carbocycles. The van der Waals surface area contributed by atoms with Crippen molar-refractivity contribution in [1.82, 2.24) is 20.4 Å². The fourth-order valence-electron chi connectivity index (χ4n) is 3.55. The summed E-state index contributed by atoms with van der Waals surface area (Å²) in [5, 5.41) is 10.6. The van der Waals surface area contributed by atoms with Gasteiger partial charge in [-0.25, -0.2) is 0 Å². The first-order valence-corrected chi connectivity index (χ1v) is 8.31. The van der Waals surface area contributed by atoms with Gasteiger partial charge in [0, 0.05) is 31.6 Å². The fourth-order valence-corrected chi connectivity index (χ4v) is 3.55. The highest BCUT2D eigenvalue weighted by Crippen LogP contribution is 2.23. The summed E-state index contributed by atoms with van der Waals surface area (Å²) in [6.07, 6.45) is 2.31. The van der Waals surface area contributed by atoms with E-state index in [9.17, 15) is 9.59 Å². The van der Waals surface area contributed by atoms with Crippen molar-refractivity contribution in [3.05, 3.63) is 11.8 Å². The Balaban J connectivity index is 1.63. The molecule has 7 nitrogen and oxygen atoms in total. The van der Waals surface area contributed by atoms with Gasteiger partial charge in [-0.15, -0.1) is 0 Å². The van der Waals surface area contributed by atoms with E-state index in [2.05, 4.69) is 22.7 Å². The molecule has 0 saturated carbocycles. The maximum atomic E-state index is 12.6. The van der Waals surface area contributed by atoms with E-state index in [1.807, 2.05) is 20.0 Å². The highest BCUT2D eigenvalue weighted by atomic mass is 16.2. The van der Waals surface area contributed by atoms with Crippen molar-refractivity contribution in [2.24, 2.45) is 13.0 Å². The highest BCUT2D eigenvalue weighted by molar-refractivity contribution is 6.01. The predicted octanol–water partition coefficient (Wildman–Crippen LogP) is 0.338. The Morgan fingerprint density at radius 3 is 2.87 bits per heavy atom. The molecule has 1 aromatic rings. The van der Waals surface area contributed by atoms with Gasteiger partial charge in [-0.05, 0) is 39.7 Å². The molecule has 2 aliphatic rings. The average molecular weight is 319 g/mol. The van der Waals surface area contributed by atoms with Gasteiger partial charge in [-0.2, -0.15) is 5.10 Å². The smallest absolute Gasteiger partial charge is 0.250 e. The van der Waals surface area contributed by atoms with Crippen molar-refractivity contribution in [3.63, 3.8) is 0 Å². The van der Waals surface area contributed by atoms with Gasteiger partial charge in [0.15, 0.2) is 0 Å². The Morgan fingerprint density at radius 2 is 2.22 bits per heavy atom. The van der Waals surface area contributed by atoms with Gasteiger partial charge in [-0.1, -0.05) is 0 Å². The number of hydrogen-bond donors (Lipinski definition) is 2. The molecule has 23 heavy (non-hydrogen) atoms. The first-order valence-electron chi connectivity index (χ1n) is 8.31. The second-order valence-corrected chi connectivity index (χ2v) is 6.68. The van der Waals surface area contributed by atoms with E-state index in [1.54, 1.807) is 9.58 Å². The maximum absolute atomic E-state index is 12.6. The van der Waals surface area contributed by atoms with Crippen LogP contribution in [0.5, 0.6) is 0 Å². The van der Waals surface area contributed by atoms with E-state index in [-0.39, 0.29) is 17.7 Å². The molecule has 2 saturated heterocycles. The lowest BCUT2D eigenvalue weighted by Crippen LogP contribution is -2.47. The van der Waals surface area contributed by atoms with Crippen LogP contribution >= 0.6 is 0 Å². The summed E-state index contributed by atoms with van der Waals surface area (Å²) >= 11 is 0. The number of anilines is 1. The summed E-state index contributed by atoms with van der Waals surface area (Å²) in [6.45, 7) is 5.47. The molecule has 2 N–H and O–H groups in total. The Kier molecular flexibility index (Phi) is 4.39. The number of rotatable bonds is 3. The monoisotopic (exact) mass is 319 g/mol. The lowest BCUT2D eigenvalue weighted by atomic mass is 9.92. The molecule has 1 unspecified atom stereocenters. The molecule has 7 heteroatoms. The zero-order valence-electron chi connectivity index (χ0n) is 14.0. The number of nitrogens with zero attached hydrogens (tertiary/aromatic N) is 3. The van der Waals surface area contributed by atoms with Crippen LogP contribution in [-0.4, -0.2) is 46.8 Å². The van der Waals surface area contributed by atoms with Crippen LogP contribution in [0.2, 0.25) is 0 Å². The molecular formula is C16H25N5O2. The lowest BCUT2D eigenvalue weighted by Gasteiger charge is -2.28. The van der Waals surface area contributed by atoms with Gasteiger partial charge in [-0.3, -0.25) is 19.2 Å². The van der Waals surface area contributed by atoms with Gasteiger partial charge in [0.1, 0.15) is 11.9 Å². The molecule has 2 fully saturated rings. The third-order valence-corrected chi connectivity index (χ3v) is 4.77. The number of aryl methyl sites for hydroxylation is 2. The van der Waals surface area contributed by atoms with Crippen LogP contribution in [0.15, 0.2) is 6.07 Å². The van der Waals surface area contributed by atoms with Crippen LogP contribution in [0.1, 0.15) is 31.9 Å². The first kappa shape index (κ1) is 16.0. The number of nitrogens with one attached hydrogen (secondary N) is 2. The minimum Gasteiger partial charge on any atom is -0.344 e. The summed E-state index contributed by atoms with van der Waals surface area (Å²) < 4.78 is 1.71. The molecule has 3 heterocycles. The fraction of sp³-hybridized carbons (Fsp3) is 0.688. The van der Waals surface area contributed by atoms with Crippen molar-refractivity contribution in [2.75, 3.05) is 18.0 Å². The topological polar surface area (TPSA) is 79.3 Å². The normalized spacial score (nSPS) is 28.2. The number of hydrogen-bond acceptors (Lipinski definition) is 4. The van der Waals surface area contributed by atoms with Crippen molar-refractivity contribution >= 4 is 17.6 Å². The van der Waals surface area contributed by atoms with Gasteiger partial charge >= 0.3 is 0 Å². The zero-order chi connectivity index (χ0) is 16.6. The number of amides is 2. The van der Waals surface area contributed by atoms with Gasteiger partial charge in [0.05, 0.1) is 5.69 Å². The third kappa shape index (κ3) is 3.24. The summed E-state index contributed by atoms with van der Waals surface area (Å²) in [4.78, 5) is 26.8. The minimum absolute atomic E-state index is 0.00653. The first-order chi connectivity index (χ1) is 11.0. The molecule has 2 amide bonds. The third-order valence-electron chi connectivity index (χ3n) is 4.77. The van der Waals surface area contributed by atoms with Gasteiger partial charge in [0.2, 0.25) is 5.91 Å². The molecule has 1 aromatic heterocycles. The molecule has 3 rings (SSSR count). The number of carbonyl (C=O) groups is 2. The molecule has 3 atom stereocenters. The predicted molar refractivity (Wildman–Crippen MR) is 87.0 cm³/mol. The Labute approximate surface area is 136 Å². The van der Waals surface area contributed by atoms with Crippen molar-refractivity contribution < 1.29 is 9.59 Å². The highest BCUT2D eigenvalue weighted by Gasteiger charge is 2.36. The molecule has 0 aromatic carbocycles. The Bertz CT molecular complexity index is 612. The molecule has 126 valence electrons. The minimum atomic E-state index is -0.414. The van der Waals surface area contributed by atoms with E-state index < -0.39 is 6.04 Å². The SMILES string of the molecule is Cc1cc(N2CCC(NC(=O)[C@H]3CCN[C@@H](C)C3)C2=O)n(C)n1. The zero-order valence-corrected chi connectivity index (χ0v) is 14.0. The van der Waals surface area contributed by atoms with Crippen molar-refractivity contribution in [2.45, 2.75) is 45.2 Å². The van der Waals surface area contributed by atoms with E-state index in [1.165, 1.54) is 0 Å². The Hall–Kier alpha value is -1.89. The van der Waals surface area contributed by atoms with Crippen molar-refractivity contribution in [1.29, 1.82) is 0 Å². The summed E-state index contributed by atoms with van der Waals surface area (Å²) in [5.74, 6) is 0.773. The van der Waals surface area contributed by atoms with Crippen LogP contribution in [0.25, 0.3) is 0 Å². The number of aromatic nitrogens is 2. The van der Waals surface area contributed by atoms with E-state index in [0.29, 0.717) is 19.0 Å². The lowest BCUT2D eigenvalue weighted by molar-refractivity contribution is -0.130. The second kappa shape index (κ2) is 6.31. The summed E-state index contributed by atoms with van der Waals surface area (Å²) in [6, 6.07) is 1.84. The van der Waals surface area contributed by atoms with Crippen LogP contribution < -0.4 is 15.5 Å². The van der Waals surface area contributed by atoms with Crippen LogP contribution in [0.4, 0.5) is 5.82 Å². The van der Waals surface area contributed by atoms with Gasteiger partial charge < -0.3 is 10.6 Å². The van der Waals surface area contributed by atoms with E-state index in [0.717, 1.165) is 30.9 Å². The van der Waals surface area contributed by atoms with Gasteiger partial charge in [0.25, 0.3) is 5.91 Å². The molecular weight excluding hydrogens is 294 g/mol. The largest absolute Gasteiger partial charge is 0.344 e. The van der Waals surface area contributed by atoms with Crippen molar-refractivity contribution in [3.8, 4) is 0 Å². The summed E-state index contributed by atoms with van der Waals surface area (Å²) in [7, 11) is 1.83. The molecule has 0 bridgehead atoms. The molecule has 0 radical (unpaired) electrons. The second-order valence-electron chi connectivity index (χ2n) is 6.68.